The van der Waals surface area contributed by atoms with Gasteiger partial charge in [-0.05, 0) is 17.7 Å². The van der Waals surface area contributed by atoms with Crippen LogP contribution in [0.25, 0.3) is 0 Å². The van der Waals surface area contributed by atoms with Gasteiger partial charge in [-0.25, -0.2) is 0 Å². The largest absolute Gasteiger partial charge is 0.394 e. The molecule has 0 aliphatic carbocycles. The third-order valence-electron chi connectivity index (χ3n) is 1.83. The molecule has 3 N–H and O–H groups in total. The van der Waals surface area contributed by atoms with Gasteiger partial charge in [-0.2, -0.15) is 0 Å². The zero-order chi connectivity index (χ0) is 10.7. The highest BCUT2D eigenvalue weighted by molar-refractivity contribution is 9.10. The highest BCUT2D eigenvalue weighted by Crippen LogP contribution is 2.28. The summed E-state index contributed by atoms with van der Waals surface area (Å²) in [7, 11) is 0. The molecule has 1 aromatic carbocycles. The van der Waals surface area contributed by atoms with Crippen molar-refractivity contribution in [3.63, 3.8) is 0 Å². The molecule has 0 saturated carbocycles. The van der Waals surface area contributed by atoms with E-state index in [2.05, 4.69) is 15.9 Å². The van der Waals surface area contributed by atoms with Crippen molar-refractivity contribution >= 4 is 27.5 Å². The molecule has 2 atom stereocenters. The van der Waals surface area contributed by atoms with Gasteiger partial charge in [-0.3, -0.25) is 0 Å². The van der Waals surface area contributed by atoms with Crippen molar-refractivity contribution in [1.29, 1.82) is 0 Å². The van der Waals surface area contributed by atoms with Crippen LogP contribution in [0.4, 0.5) is 0 Å². The Morgan fingerprint density at radius 1 is 1.36 bits per heavy atom. The van der Waals surface area contributed by atoms with Gasteiger partial charge in [0, 0.05) is 9.50 Å². The van der Waals surface area contributed by atoms with Gasteiger partial charge in [-0.1, -0.05) is 33.6 Å². The van der Waals surface area contributed by atoms with Gasteiger partial charge in [0.2, 0.25) is 0 Å². The predicted molar refractivity (Wildman–Crippen MR) is 57.2 cm³/mol. The average Bonchev–Trinajstić information content (AvgIpc) is 2.15. The van der Waals surface area contributed by atoms with E-state index in [1.807, 2.05) is 0 Å². The van der Waals surface area contributed by atoms with E-state index in [4.69, 9.17) is 16.7 Å². The van der Waals surface area contributed by atoms with Crippen LogP contribution < -0.4 is 0 Å². The zero-order valence-electron chi connectivity index (χ0n) is 7.19. The van der Waals surface area contributed by atoms with Gasteiger partial charge in [0.25, 0.3) is 0 Å². The van der Waals surface area contributed by atoms with E-state index < -0.39 is 18.8 Å². The number of aliphatic hydroxyl groups excluding tert-OH is 3. The molecule has 0 radical (unpaired) electrons. The van der Waals surface area contributed by atoms with Crippen LogP contribution >= 0.6 is 27.5 Å². The molecule has 0 heterocycles. The zero-order valence-corrected chi connectivity index (χ0v) is 9.53. The van der Waals surface area contributed by atoms with Crippen LogP contribution in [0.1, 0.15) is 11.7 Å². The third-order valence-corrected chi connectivity index (χ3v) is 2.75. The number of benzene rings is 1. The highest BCUT2D eigenvalue weighted by atomic mass is 79.9. The summed E-state index contributed by atoms with van der Waals surface area (Å²) in [4.78, 5) is 0. The van der Waals surface area contributed by atoms with Crippen LogP contribution in [0.3, 0.4) is 0 Å². The first-order valence-electron chi connectivity index (χ1n) is 3.98. The number of hydrogen-bond acceptors (Lipinski definition) is 3. The van der Waals surface area contributed by atoms with E-state index in [-0.39, 0.29) is 0 Å². The van der Waals surface area contributed by atoms with Crippen molar-refractivity contribution in [1.82, 2.24) is 0 Å². The second-order valence-corrected chi connectivity index (χ2v) is 4.15. The minimum absolute atomic E-state index is 0.490. The maximum Gasteiger partial charge on any atom is 0.108 e. The molecule has 0 saturated heterocycles. The number of hydrogen-bond donors (Lipinski definition) is 3. The molecule has 0 aliphatic heterocycles. The molecule has 0 aliphatic rings. The quantitative estimate of drug-likeness (QED) is 0.787. The lowest BCUT2D eigenvalue weighted by atomic mass is 10.1. The minimum atomic E-state index is -1.19. The molecule has 0 fully saturated rings. The lowest BCUT2D eigenvalue weighted by Gasteiger charge is -2.17. The molecule has 1 rings (SSSR count). The summed E-state index contributed by atoms with van der Waals surface area (Å²) in [5, 5.41) is 28.0. The van der Waals surface area contributed by atoms with Gasteiger partial charge in [0.05, 0.1) is 6.61 Å². The summed E-state index contributed by atoms with van der Waals surface area (Å²) in [5.74, 6) is 0. The van der Waals surface area contributed by atoms with E-state index in [1.165, 1.54) is 0 Å². The maximum absolute atomic E-state index is 9.58. The van der Waals surface area contributed by atoms with Gasteiger partial charge < -0.3 is 15.3 Å². The molecule has 5 heteroatoms. The van der Waals surface area contributed by atoms with Crippen molar-refractivity contribution in [3.8, 4) is 0 Å². The Morgan fingerprint density at radius 2 is 2.00 bits per heavy atom. The van der Waals surface area contributed by atoms with Crippen LogP contribution in [0.2, 0.25) is 5.02 Å². The molecular weight excluding hydrogens is 271 g/mol. The minimum Gasteiger partial charge on any atom is -0.394 e. The first-order valence-corrected chi connectivity index (χ1v) is 5.15. The van der Waals surface area contributed by atoms with Crippen molar-refractivity contribution in [2.75, 3.05) is 6.61 Å². The molecular formula is C9H10BrClO3. The second kappa shape index (κ2) is 5.09. The van der Waals surface area contributed by atoms with Crippen LogP contribution in [0.5, 0.6) is 0 Å². The lowest BCUT2D eigenvalue weighted by molar-refractivity contribution is -0.0155. The third kappa shape index (κ3) is 2.68. The molecule has 14 heavy (non-hydrogen) atoms. The molecule has 3 nitrogen and oxygen atoms in total. The fourth-order valence-corrected chi connectivity index (χ4v) is 1.97. The van der Waals surface area contributed by atoms with E-state index in [0.717, 1.165) is 0 Å². The fraction of sp³-hybridized carbons (Fsp3) is 0.333. The standard InChI is InChI=1S/C9H10BrClO3/c10-7-3-5(11)1-2-6(7)9(14)8(13)4-12/h1-3,8-9,12-14H,4H2. The predicted octanol–water partition coefficient (Wildman–Crippen LogP) is 1.49. The summed E-state index contributed by atoms with van der Waals surface area (Å²) < 4.78 is 0.602. The van der Waals surface area contributed by atoms with E-state index >= 15 is 0 Å². The van der Waals surface area contributed by atoms with Crippen molar-refractivity contribution < 1.29 is 15.3 Å². The summed E-state index contributed by atoms with van der Waals surface area (Å²) in [5.41, 5.74) is 0.496. The Hall–Kier alpha value is -0.130. The van der Waals surface area contributed by atoms with Crippen LogP contribution in [-0.2, 0) is 0 Å². The Morgan fingerprint density at radius 3 is 2.50 bits per heavy atom. The fourth-order valence-electron chi connectivity index (χ4n) is 1.05. The Balaban J connectivity index is 2.95. The van der Waals surface area contributed by atoms with Gasteiger partial charge >= 0.3 is 0 Å². The summed E-state index contributed by atoms with van der Waals surface area (Å²) in [6.45, 7) is -0.490. The molecule has 0 bridgehead atoms. The second-order valence-electron chi connectivity index (χ2n) is 2.86. The molecule has 1 aromatic rings. The van der Waals surface area contributed by atoms with Crippen LogP contribution in [0.15, 0.2) is 22.7 Å². The van der Waals surface area contributed by atoms with E-state index in [0.29, 0.717) is 15.1 Å². The van der Waals surface area contributed by atoms with Crippen molar-refractivity contribution in [2.45, 2.75) is 12.2 Å². The van der Waals surface area contributed by atoms with Gasteiger partial charge in [0.1, 0.15) is 12.2 Å². The first kappa shape index (κ1) is 11.9. The molecule has 2 unspecified atom stereocenters. The highest BCUT2D eigenvalue weighted by Gasteiger charge is 2.19. The molecule has 0 amide bonds. The summed E-state index contributed by atoms with van der Waals surface area (Å²) in [6, 6.07) is 4.81. The van der Waals surface area contributed by atoms with E-state index in [9.17, 15) is 10.2 Å². The van der Waals surface area contributed by atoms with Crippen LogP contribution in [-0.4, -0.2) is 28.0 Å². The lowest BCUT2D eigenvalue weighted by Crippen LogP contribution is -2.22. The van der Waals surface area contributed by atoms with Crippen molar-refractivity contribution in [2.24, 2.45) is 0 Å². The Kier molecular flexibility index (Phi) is 4.34. The monoisotopic (exact) mass is 280 g/mol. The Labute approximate surface area is 95.1 Å². The van der Waals surface area contributed by atoms with E-state index in [1.54, 1.807) is 18.2 Å². The smallest absolute Gasteiger partial charge is 0.108 e. The summed E-state index contributed by atoms with van der Waals surface area (Å²) >= 11 is 8.92. The summed E-state index contributed by atoms with van der Waals surface area (Å²) in [6.07, 6.45) is -2.31. The number of aliphatic hydroxyl groups is 3. The average molecular weight is 282 g/mol. The maximum atomic E-state index is 9.58. The topological polar surface area (TPSA) is 60.7 Å². The first-order chi connectivity index (χ1) is 6.56. The normalized spacial score (nSPS) is 15.2. The van der Waals surface area contributed by atoms with Gasteiger partial charge in [-0.15, -0.1) is 0 Å². The molecule has 78 valence electrons. The molecule has 0 spiro atoms. The SMILES string of the molecule is OCC(O)C(O)c1ccc(Cl)cc1Br. The van der Waals surface area contributed by atoms with Gasteiger partial charge in [0.15, 0.2) is 0 Å². The van der Waals surface area contributed by atoms with Crippen LogP contribution in [0, 0.1) is 0 Å². The number of rotatable bonds is 3. The Bertz CT molecular complexity index is 319. The van der Waals surface area contributed by atoms with Crippen molar-refractivity contribution in [3.05, 3.63) is 33.3 Å². The molecule has 0 aromatic heterocycles. The number of halogens is 2.